The molecule has 3 N–H and O–H groups in total. The molecule has 134 valence electrons. The van der Waals surface area contributed by atoms with Gasteiger partial charge in [-0.05, 0) is 25.0 Å². The average Bonchev–Trinajstić information content (AvgIpc) is 2.62. The highest BCUT2D eigenvalue weighted by Gasteiger charge is 2.36. The zero-order valence-electron chi connectivity index (χ0n) is 13.4. The molecule has 1 saturated heterocycles. The summed E-state index contributed by atoms with van der Waals surface area (Å²) in [6.07, 6.45) is -2.18. The number of aromatic nitrogens is 3. The quantitative estimate of drug-likeness (QED) is 0.876. The zero-order valence-corrected chi connectivity index (χ0v) is 13.4. The third-order valence-corrected chi connectivity index (χ3v) is 4.30. The number of aliphatic hydroxyl groups is 1. The molecule has 3 rings (SSSR count). The number of aliphatic hydroxyl groups excluding tert-OH is 1. The van der Waals surface area contributed by atoms with E-state index < -0.39 is 17.4 Å². The Balaban J connectivity index is 1.96. The standard InChI is InChI=1S/C16H18F3N5O/c17-16(18,19)12-9-13(24-7-4-15(20,10-25)5-8-24)23-14(22-12)11-3-1-2-6-21-11/h1-3,6,9,25H,4-5,7-8,10,20H2. The third kappa shape index (κ3) is 3.88. The van der Waals surface area contributed by atoms with Crippen LogP contribution in [0.15, 0.2) is 30.5 Å². The molecule has 0 radical (unpaired) electrons. The summed E-state index contributed by atoms with van der Waals surface area (Å²) in [6.45, 7) is 0.664. The van der Waals surface area contributed by atoms with E-state index >= 15 is 0 Å². The molecule has 0 unspecified atom stereocenters. The fourth-order valence-electron chi connectivity index (χ4n) is 2.69. The summed E-state index contributed by atoms with van der Waals surface area (Å²) in [5.41, 5.74) is 4.59. The number of halogens is 3. The predicted molar refractivity (Wildman–Crippen MR) is 85.7 cm³/mol. The van der Waals surface area contributed by atoms with Crippen LogP contribution in [0.2, 0.25) is 0 Å². The molecule has 0 amide bonds. The van der Waals surface area contributed by atoms with E-state index in [1.165, 1.54) is 6.20 Å². The van der Waals surface area contributed by atoms with E-state index in [9.17, 15) is 18.3 Å². The fourth-order valence-corrected chi connectivity index (χ4v) is 2.69. The van der Waals surface area contributed by atoms with Gasteiger partial charge in [-0.2, -0.15) is 13.2 Å². The molecule has 0 bridgehead atoms. The van der Waals surface area contributed by atoms with Gasteiger partial charge in [-0.15, -0.1) is 0 Å². The summed E-state index contributed by atoms with van der Waals surface area (Å²) in [6, 6.07) is 5.83. The average molecular weight is 353 g/mol. The highest BCUT2D eigenvalue weighted by Crippen LogP contribution is 2.32. The topological polar surface area (TPSA) is 88.2 Å². The number of alkyl halides is 3. The Labute approximate surface area is 142 Å². The smallest absolute Gasteiger partial charge is 0.394 e. The first-order valence-corrected chi connectivity index (χ1v) is 7.83. The van der Waals surface area contributed by atoms with Gasteiger partial charge < -0.3 is 15.7 Å². The van der Waals surface area contributed by atoms with Crippen molar-refractivity contribution in [1.29, 1.82) is 0 Å². The molecule has 1 fully saturated rings. The van der Waals surface area contributed by atoms with Crippen LogP contribution in [0.4, 0.5) is 19.0 Å². The van der Waals surface area contributed by atoms with Gasteiger partial charge in [0, 0.05) is 30.9 Å². The van der Waals surface area contributed by atoms with Gasteiger partial charge >= 0.3 is 6.18 Å². The highest BCUT2D eigenvalue weighted by atomic mass is 19.4. The lowest BCUT2D eigenvalue weighted by molar-refractivity contribution is -0.141. The molecule has 0 aromatic carbocycles. The molecule has 1 aliphatic rings. The third-order valence-electron chi connectivity index (χ3n) is 4.30. The van der Waals surface area contributed by atoms with E-state index in [1.54, 1.807) is 23.1 Å². The number of hydrogen-bond acceptors (Lipinski definition) is 6. The van der Waals surface area contributed by atoms with Crippen LogP contribution in [0, 0.1) is 0 Å². The van der Waals surface area contributed by atoms with Crippen molar-refractivity contribution in [3.63, 3.8) is 0 Å². The van der Waals surface area contributed by atoms with Gasteiger partial charge in [-0.3, -0.25) is 4.98 Å². The van der Waals surface area contributed by atoms with E-state index in [4.69, 9.17) is 5.73 Å². The molecule has 3 heterocycles. The second kappa shape index (κ2) is 6.57. The lowest BCUT2D eigenvalue weighted by Gasteiger charge is -2.38. The van der Waals surface area contributed by atoms with Crippen LogP contribution in [0.1, 0.15) is 18.5 Å². The van der Waals surface area contributed by atoms with Gasteiger partial charge in [0.25, 0.3) is 0 Å². The van der Waals surface area contributed by atoms with Crippen molar-refractivity contribution in [2.24, 2.45) is 5.73 Å². The van der Waals surface area contributed by atoms with Gasteiger partial charge in [0.05, 0.1) is 6.61 Å². The number of piperidine rings is 1. The summed E-state index contributed by atoms with van der Waals surface area (Å²) < 4.78 is 39.7. The molecular weight excluding hydrogens is 335 g/mol. The van der Waals surface area contributed by atoms with Gasteiger partial charge in [0.15, 0.2) is 11.5 Å². The van der Waals surface area contributed by atoms with Crippen LogP contribution >= 0.6 is 0 Å². The van der Waals surface area contributed by atoms with E-state index in [2.05, 4.69) is 15.0 Å². The van der Waals surface area contributed by atoms with Crippen LogP contribution in [0.5, 0.6) is 0 Å². The predicted octanol–water partition coefficient (Wildman–Crippen LogP) is 1.85. The van der Waals surface area contributed by atoms with Crippen molar-refractivity contribution in [2.75, 3.05) is 24.6 Å². The van der Waals surface area contributed by atoms with Crippen LogP contribution in [-0.4, -0.2) is 45.3 Å². The maximum absolute atomic E-state index is 13.2. The molecule has 2 aromatic heterocycles. The number of rotatable bonds is 3. The molecule has 6 nitrogen and oxygen atoms in total. The molecule has 1 aliphatic heterocycles. The minimum Gasteiger partial charge on any atom is -0.394 e. The summed E-state index contributed by atoms with van der Waals surface area (Å²) in [5.74, 6) is 0.111. The van der Waals surface area contributed by atoms with E-state index in [0.717, 1.165) is 6.07 Å². The van der Waals surface area contributed by atoms with Gasteiger partial charge in [-0.1, -0.05) is 6.07 Å². The van der Waals surface area contributed by atoms with Gasteiger partial charge in [0.1, 0.15) is 11.5 Å². The highest BCUT2D eigenvalue weighted by molar-refractivity contribution is 5.54. The second-order valence-electron chi connectivity index (χ2n) is 6.16. The molecule has 0 saturated carbocycles. The summed E-state index contributed by atoms with van der Waals surface area (Å²) in [7, 11) is 0. The molecule has 2 aromatic rings. The van der Waals surface area contributed by atoms with Crippen molar-refractivity contribution in [1.82, 2.24) is 15.0 Å². The first kappa shape index (κ1) is 17.6. The Morgan fingerprint density at radius 2 is 1.92 bits per heavy atom. The Morgan fingerprint density at radius 3 is 2.48 bits per heavy atom. The first-order chi connectivity index (χ1) is 11.8. The van der Waals surface area contributed by atoms with Crippen LogP contribution in [-0.2, 0) is 6.18 Å². The summed E-state index contributed by atoms with van der Waals surface area (Å²) in [4.78, 5) is 13.6. The Bertz CT molecular complexity index is 730. The molecule has 9 heteroatoms. The zero-order chi connectivity index (χ0) is 18.1. The maximum atomic E-state index is 13.2. The minimum atomic E-state index is -4.58. The largest absolute Gasteiger partial charge is 0.433 e. The van der Waals surface area contributed by atoms with Crippen molar-refractivity contribution >= 4 is 5.82 Å². The Morgan fingerprint density at radius 1 is 1.20 bits per heavy atom. The molecule has 0 atom stereocenters. The maximum Gasteiger partial charge on any atom is 0.433 e. The monoisotopic (exact) mass is 353 g/mol. The first-order valence-electron chi connectivity index (χ1n) is 7.83. The Hall–Kier alpha value is -2.26. The SMILES string of the molecule is NC1(CO)CCN(c2cc(C(F)(F)F)nc(-c3ccccn3)n2)CC1. The van der Waals surface area contributed by atoms with Crippen LogP contribution < -0.4 is 10.6 Å². The van der Waals surface area contributed by atoms with Crippen molar-refractivity contribution in [3.8, 4) is 11.5 Å². The van der Waals surface area contributed by atoms with Crippen molar-refractivity contribution in [2.45, 2.75) is 24.6 Å². The van der Waals surface area contributed by atoms with Gasteiger partial charge in [-0.25, -0.2) is 9.97 Å². The van der Waals surface area contributed by atoms with E-state index in [1.807, 2.05) is 0 Å². The lowest BCUT2D eigenvalue weighted by Crippen LogP contribution is -2.53. The summed E-state index contributed by atoms with van der Waals surface area (Å²) in [5, 5.41) is 9.32. The lowest BCUT2D eigenvalue weighted by atomic mass is 9.89. The number of anilines is 1. The van der Waals surface area contributed by atoms with Crippen LogP contribution in [0.25, 0.3) is 11.5 Å². The van der Waals surface area contributed by atoms with Crippen molar-refractivity contribution < 1.29 is 18.3 Å². The number of hydrogen-bond donors (Lipinski definition) is 2. The fraction of sp³-hybridized carbons (Fsp3) is 0.438. The minimum absolute atomic E-state index is 0.0721. The molecule has 0 aliphatic carbocycles. The Kier molecular flexibility index (Phi) is 4.61. The normalized spacial score (nSPS) is 17.6. The van der Waals surface area contributed by atoms with E-state index in [-0.39, 0.29) is 23.9 Å². The second-order valence-corrected chi connectivity index (χ2v) is 6.16. The van der Waals surface area contributed by atoms with Crippen molar-refractivity contribution in [3.05, 3.63) is 36.2 Å². The number of nitrogens with zero attached hydrogens (tertiary/aromatic N) is 4. The number of nitrogens with two attached hydrogens (primary N) is 1. The molecule has 0 spiro atoms. The van der Waals surface area contributed by atoms with Crippen LogP contribution in [0.3, 0.4) is 0 Å². The number of pyridine rings is 1. The summed E-state index contributed by atoms with van der Waals surface area (Å²) >= 11 is 0. The van der Waals surface area contributed by atoms with E-state index in [0.29, 0.717) is 25.9 Å². The van der Waals surface area contributed by atoms with Gasteiger partial charge in [0.2, 0.25) is 0 Å². The molecular formula is C16H18F3N5O. The molecule has 25 heavy (non-hydrogen) atoms.